The van der Waals surface area contributed by atoms with Crippen LogP contribution in [0, 0.1) is 0 Å². The smallest absolute Gasteiger partial charge is 0.293 e. The number of thioether (sulfide) groups is 1. The molecule has 1 aliphatic heterocycles. The van der Waals surface area contributed by atoms with E-state index in [9.17, 15) is 14.7 Å². The van der Waals surface area contributed by atoms with Crippen LogP contribution in [0.1, 0.15) is 5.56 Å². The fourth-order valence-electron chi connectivity index (χ4n) is 1.80. The summed E-state index contributed by atoms with van der Waals surface area (Å²) in [6.45, 7) is 3.70. The first-order valence-electron chi connectivity index (χ1n) is 6.02. The Hall–Kier alpha value is -1.25. The van der Waals surface area contributed by atoms with Gasteiger partial charge in [0.1, 0.15) is 0 Å². The van der Waals surface area contributed by atoms with Crippen LogP contribution in [0.3, 0.4) is 0 Å². The first-order valence-corrected chi connectivity index (χ1v) is 8.42. The third kappa shape index (κ3) is 3.09. The average Bonchev–Trinajstić information content (AvgIpc) is 2.76. The molecule has 0 unspecified atom stereocenters. The maximum Gasteiger partial charge on any atom is 0.293 e. The maximum absolute atomic E-state index is 12.2. The van der Waals surface area contributed by atoms with Gasteiger partial charge in [0, 0.05) is 11.0 Å². The summed E-state index contributed by atoms with van der Waals surface area (Å²) in [5.74, 6) is -0.164. The minimum atomic E-state index is -0.370. The second-order valence-corrected chi connectivity index (χ2v) is 6.80. The monoisotopic (exact) mass is 447 g/mol. The van der Waals surface area contributed by atoms with Crippen molar-refractivity contribution in [3.63, 3.8) is 0 Å². The lowest BCUT2D eigenvalue weighted by molar-refractivity contribution is -0.122. The molecule has 0 radical (unpaired) electrons. The van der Waals surface area contributed by atoms with Crippen molar-refractivity contribution in [2.24, 2.45) is 0 Å². The van der Waals surface area contributed by atoms with Gasteiger partial charge in [-0.15, -0.1) is 6.58 Å². The number of phenolic OH excluding ortho intramolecular Hbond substituents is 1. The van der Waals surface area contributed by atoms with Crippen molar-refractivity contribution in [2.75, 3.05) is 13.7 Å². The van der Waals surface area contributed by atoms with Gasteiger partial charge in [0.05, 0.1) is 16.5 Å². The van der Waals surface area contributed by atoms with E-state index in [1.165, 1.54) is 13.2 Å². The van der Waals surface area contributed by atoms with E-state index in [-0.39, 0.29) is 29.2 Å². The zero-order valence-electron chi connectivity index (χ0n) is 11.4. The normalized spacial score (nSPS) is 16.5. The molecule has 1 aliphatic rings. The van der Waals surface area contributed by atoms with Gasteiger partial charge in [0.25, 0.3) is 11.1 Å². The average molecular weight is 449 g/mol. The number of aromatic hydroxyl groups is 1. The number of methoxy groups -OCH3 is 1. The fraction of sp³-hybridized carbons (Fsp3) is 0.143. The van der Waals surface area contributed by atoms with Crippen LogP contribution in [0.15, 0.2) is 32.6 Å². The Labute approximate surface area is 148 Å². The zero-order chi connectivity index (χ0) is 16.4. The molecule has 5 nitrogen and oxygen atoms in total. The number of nitrogens with zero attached hydrogens (tertiary/aromatic N) is 1. The van der Waals surface area contributed by atoms with Crippen LogP contribution in [0.5, 0.6) is 11.5 Å². The Morgan fingerprint density at radius 3 is 2.68 bits per heavy atom. The Balaban J connectivity index is 2.46. The number of amides is 2. The highest BCUT2D eigenvalue weighted by atomic mass is 79.9. The first kappa shape index (κ1) is 17.1. The molecular formula is C14H11Br2NO4S. The Morgan fingerprint density at radius 1 is 1.41 bits per heavy atom. The second kappa shape index (κ2) is 6.89. The summed E-state index contributed by atoms with van der Waals surface area (Å²) in [6.07, 6.45) is 3.07. The number of imide groups is 1. The molecule has 22 heavy (non-hydrogen) atoms. The van der Waals surface area contributed by atoms with Gasteiger partial charge in [-0.3, -0.25) is 14.5 Å². The lowest BCUT2D eigenvalue weighted by Crippen LogP contribution is -2.27. The largest absolute Gasteiger partial charge is 0.503 e. The SMILES string of the molecule is C=CCN1C(=O)S/C(=C/c2cc(OC)c(O)c(Br)c2Br)C1=O. The predicted molar refractivity (Wildman–Crippen MR) is 92.9 cm³/mol. The maximum atomic E-state index is 12.2. The molecule has 0 bridgehead atoms. The van der Waals surface area contributed by atoms with Crippen LogP contribution in [-0.4, -0.2) is 34.8 Å². The number of phenols is 1. The number of halogens is 2. The molecule has 2 rings (SSSR count). The van der Waals surface area contributed by atoms with E-state index >= 15 is 0 Å². The molecule has 1 fully saturated rings. The molecule has 0 aliphatic carbocycles. The van der Waals surface area contributed by atoms with E-state index in [1.807, 2.05) is 0 Å². The minimum absolute atomic E-state index is 0.0497. The van der Waals surface area contributed by atoms with Crippen molar-refractivity contribution < 1.29 is 19.4 Å². The summed E-state index contributed by atoms with van der Waals surface area (Å²) in [4.78, 5) is 25.4. The van der Waals surface area contributed by atoms with E-state index in [0.717, 1.165) is 16.7 Å². The molecule has 0 aromatic heterocycles. The van der Waals surface area contributed by atoms with Gasteiger partial charge in [-0.05, 0) is 61.3 Å². The molecule has 116 valence electrons. The number of carbonyl (C=O) groups is 2. The zero-order valence-corrected chi connectivity index (χ0v) is 15.4. The van der Waals surface area contributed by atoms with Crippen LogP contribution in [0.4, 0.5) is 4.79 Å². The number of carbonyl (C=O) groups excluding carboxylic acids is 2. The molecule has 1 heterocycles. The van der Waals surface area contributed by atoms with E-state index in [0.29, 0.717) is 19.4 Å². The standard InChI is InChI=1S/C14H11Br2NO4S/c1-3-4-17-13(19)9(22-14(17)20)6-7-5-8(21-2)12(18)11(16)10(7)15/h3,5-6,18H,1,4H2,2H3/b9-6+. The van der Waals surface area contributed by atoms with Crippen LogP contribution in [0.25, 0.3) is 6.08 Å². The van der Waals surface area contributed by atoms with Gasteiger partial charge < -0.3 is 9.84 Å². The van der Waals surface area contributed by atoms with E-state index in [1.54, 1.807) is 12.1 Å². The van der Waals surface area contributed by atoms with Gasteiger partial charge in [-0.25, -0.2) is 0 Å². The molecule has 1 saturated heterocycles. The molecule has 0 atom stereocenters. The van der Waals surface area contributed by atoms with Gasteiger partial charge in [-0.2, -0.15) is 0 Å². The van der Waals surface area contributed by atoms with Gasteiger partial charge in [0.2, 0.25) is 0 Å². The topological polar surface area (TPSA) is 66.8 Å². The van der Waals surface area contributed by atoms with Crippen molar-refractivity contribution in [1.82, 2.24) is 4.90 Å². The van der Waals surface area contributed by atoms with Crippen LogP contribution < -0.4 is 4.74 Å². The highest BCUT2D eigenvalue weighted by molar-refractivity contribution is 9.13. The molecule has 1 N–H and O–H groups in total. The fourth-order valence-corrected chi connectivity index (χ4v) is 3.48. The molecule has 1 aromatic rings. The highest BCUT2D eigenvalue weighted by Gasteiger charge is 2.34. The number of hydrogen-bond acceptors (Lipinski definition) is 5. The summed E-state index contributed by atoms with van der Waals surface area (Å²) in [5.41, 5.74) is 0.602. The Morgan fingerprint density at radius 2 is 2.09 bits per heavy atom. The van der Waals surface area contributed by atoms with Gasteiger partial charge in [0.15, 0.2) is 11.5 Å². The number of rotatable bonds is 4. The molecule has 0 spiro atoms. The van der Waals surface area contributed by atoms with Crippen LogP contribution >= 0.6 is 43.6 Å². The van der Waals surface area contributed by atoms with Gasteiger partial charge >= 0.3 is 0 Å². The van der Waals surface area contributed by atoms with Crippen molar-refractivity contribution in [3.8, 4) is 11.5 Å². The van der Waals surface area contributed by atoms with Crippen molar-refractivity contribution in [1.29, 1.82) is 0 Å². The highest BCUT2D eigenvalue weighted by Crippen LogP contribution is 2.43. The van der Waals surface area contributed by atoms with E-state index in [4.69, 9.17) is 4.74 Å². The predicted octanol–water partition coefficient (Wildman–Crippen LogP) is 4.15. The number of ether oxygens (including phenoxy) is 1. The lowest BCUT2D eigenvalue weighted by atomic mass is 10.2. The van der Waals surface area contributed by atoms with E-state index < -0.39 is 0 Å². The number of hydrogen-bond donors (Lipinski definition) is 1. The lowest BCUT2D eigenvalue weighted by Gasteiger charge is -2.10. The molecule has 1 aromatic carbocycles. The van der Waals surface area contributed by atoms with Gasteiger partial charge in [-0.1, -0.05) is 6.08 Å². The third-order valence-corrected chi connectivity index (χ3v) is 5.93. The van der Waals surface area contributed by atoms with Crippen molar-refractivity contribution >= 4 is 60.8 Å². The molecule has 2 amide bonds. The summed E-state index contributed by atoms with van der Waals surface area (Å²) < 4.78 is 6.04. The summed E-state index contributed by atoms with van der Waals surface area (Å²) in [5, 5.41) is 9.57. The quantitative estimate of drug-likeness (QED) is 0.553. The number of benzene rings is 1. The minimum Gasteiger partial charge on any atom is -0.503 e. The summed E-state index contributed by atoms with van der Waals surface area (Å²) in [7, 11) is 1.43. The van der Waals surface area contributed by atoms with Crippen molar-refractivity contribution in [2.45, 2.75) is 0 Å². The van der Waals surface area contributed by atoms with E-state index in [2.05, 4.69) is 38.4 Å². The third-order valence-electron chi connectivity index (χ3n) is 2.87. The summed E-state index contributed by atoms with van der Waals surface area (Å²) in [6, 6.07) is 1.58. The Kier molecular flexibility index (Phi) is 5.36. The summed E-state index contributed by atoms with van der Waals surface area (Å²) >= 11 is 7.45. The first-order chi connectivity index (χ1) is 10.4. The molecule has 0 saturated carbocycles. The molecule has 8 heteroatoms. The molecular weight excluding hydrogens is 438 g/mol. The second-order valence-electron chi connectivity index (χ2n) is 4.23. The van der Waals surface area contributed by atoms with Crippen LogP contribution in [0.2, 0.25) is 0 Å². The van der Waals surface area contributed by atoms with Crippen molar-refractivity contribution in [3.05, 3.63) is 38.1 Å². The van der Waals surface area contributed by atoms with Crippen LogP contribution in [-0.2, 0) is 4.79 Å². The Bertz CT molecular complexity index is 703.